The average Bonchev–Trinajstić information content (AvgIpc) is 3.10. The summed E-state index contributed by atoms with van der Waals surface area (Å²) < 4.78 is 5.04. The molecule has 0 aliphatic carbocycles. The number of hydrogen-bond acceptors (Lipinski definition) is 3. The van der Waals surface area contributed by atoms with Crippen molar-refractivity contribution in [1.29, 1.82) is 0 Å². The van der Waals surface area contributed by atoms with Crippen LogP contribution in [0.5, 0.6) is 0 Å². The van der Waals surface area contributed by atoms with E-state index in [1.165, 1.54) is 37.2 Å². The highest BCUT2D eigenvalue weighted by Gasteiger charge is 2.11. The van der Waals surface area contributed by atoms with Gasteiger partial charge in [0.25, 0.3) is 0 Å². The second-order valence-corrected chi connectivity index (χ2v) is 4.73. The van der Waals surface area contributed by atoms with Gasteiger partial charge in [-0.25, -0.2) is 0 Å². The van der Waals surface area contributed by atoms with E-state index in [2.05, 4.69) is 34.5 Å². The molecular formula is C15H18N2O. The standard InChI is InChI=1S/C15H18N2O/c1-2-9-17(8-1)15-5-3-14(4-6-15)16-11-13-7-10-18-12-13/h3-7,10,12,16H,1-2,8-9,11H2. The van der Waals surface area contributed by atoms with Crippen LogP contribution >= 0.6 is 0 Å². The van der Waals surface area contributed by atoms with Crippen molar-refractivity contribution < 1.29 is 4.42 Å². The molecule has 1 aliphatic heterocycles. The molecule has 0 atom stereocenters. The monoisotopic (exact) mass is 242 g/mol. The van der Waals surface area contributed by atoms with Crippen molar-refractivity contribution in [2.75, 3.05) is 23.3 Å². The van der Waals surface area contributed by atoms with Gasteiger partial charge >= 0.3 is 0 Å². The lowest BCUT2D eigenvalue weighted by atomic mass is 10.2. The Balaban J connectivity index is 1.60. The van der Waals surface area contributed by atoms with Crippen LogP contribution in [-0.4, -0.2) is 13.1 Å². The lowest BCUT2D eigenvalue weighted by molar-refractivity contribution is 0.564. The van der Waals surface area contributed by atoms with Crippen LogP contribution in [0.1, 0.15) is 18.4 Å². The van der Waals surface area contributed by atoms with E-state index >= 15 is 0 Å². The molecule has 0 radical (unpaired) electrons. The summed E-state index contributed by atoms with van der Waals surface area (Å²) in [7, 11) is 0. The number of rotatable bonds is 4. The van der Waals surface area contributed by atoms with E-state index in [0.29, 0.717) is 0 Å². The minimum Gasteiger partial charge on any atom is -0.472 e. The molecule has 1 aromatic heterocycles. The fraction of sp³-hybridized carbons (Fsp3) is 0.333. The van der Waals surface area contributed by atoms with Gasteiger partial charge in [-0.1, -0.05) is 0 Å². The zero-order valence-corrected chi connectivity index (χ0v) is 10.4. The van der Waals surface area contributed by atoms with Crippen molar-refractivity contribution in [2.45, 2.75) is 19.4 Å². The van der Waals surface area contributed by atoms with Gasteiger partial charge in [-0.05, 0) is 43.2 Å². The highest BCUT2D eigenvalue weighted by molar-refractivity contribution is 5.55. The molecule has 2 heterocycles. The highest BCUT2D eigenvalue weighted by atomic mass is 16.3. The van der Waals surface area contributed by atoms with Crippen LogP contribution in [0.15, 0.2) is 47.3 Å². The maximum Gasteiger partial charge on any atom is 0.0952 e. The van der Waals surface area contributed by atoms with Gasteiger partial charge in [-0.3, -0.25) is 0 Å². The van der Waals surface area contributed by atoms with Gasteiger partial charge in [0.2, 0.25) is 0 Å². The van der Waals surface area contributed by atoms with E-state index in [-0.39, 0.29) is 0 Å². The van der Waals surface area contributed by atoms with Crippen molar-refractivity contribution >= 4 is 11.4 Å². The van der Waals surface area contributed by atoms with Crippen molar-refractivity contribution in [3.8, 4) is 0 Å². The number of nitrogens with zero attached hydrogens (tertiary/aromatic N) is 1. The van der Waals surface area contributed by atoms with Crippen molar-refractivity contribution in [2.24, 2.45) is 0 Å². The maximum atomic E-state index is 5.04. The molecule has 3 rings (SSSR count). The predicted molar refractivity (Wildman–Crippen MR) is 73.9 cm³/mol. The Labute approximate surface area is 107 Å². The molecule has 2 aromatic rings. The summed E-state index contributed by atoms with van der Waals surface area (Å²) in [6.07, 6.45) is 6.11. The van der Waals surface area contributed by atoms with E-state index in [9.17, 15) is 0 Å². The zero-order valence-electron chi connectivity index (χ0n) is 10.4. The first kappa shape index (κ1) is 11.2. The van der Waals surface area contributed by atoms with E-state index < -0.39 is 0 Å². The number of nitrogens with one attached hydrogen (secondary N) is 1. The third-order valence-corrected chi connectivity index (χ3v) is 3.42. The largest absolute Gasteiger partial charge is 0.472 e. The minimum absolute atomic E-state index is 0.805. The van der Waals surface area contributed by atoms with Crippen LogP contribution in [-0.2, 0) is 6.54 Å². The normalized spacial score (nSPS) is 15.0. The topological polar surface area (TPSA) is 28.4 Å². The molecule has 3 heteroatoms. The fourth-order valence-corrected chi connectivity index (χ4v) is 2.36. The van der Waals surface area contributed by atoms with Crippen LogP contribution in [0.3, 0.4) is 0 Å². The van der Waals surface area contributed by atoms with Crippen LogP contribution in [0, 0.1) is 0 Å². The van der Waals surface area contributed by atoms with Gasteiger partial charge < -0.3 is 14.6 Å². The Morgan fingerprint density at radius 2 is 1.83 bits per heavy atom. The highest BCUT2D eigenvalue weighted by Crippen LogP contribution is 2.22. The number of hydrogen-bond donors (Lipinski definition) is 1. The van der Waals surface area contributed by atoms with Crippen molar-refractivity contribution in [3.63, 3.8) is 0 Å². The van der Waals surface area contributed by atoms with Gasteiger partial charge in [0.05, 0.1) is 12.5 Å². The Kier molecular flexibility index (Phi) is 3.22. The van der Waals surface area contributed by atoms with Crippen molar-refractivity contribution in [1.82, 2.24) is 0 Å². The summed E-state index contributed by atoms with van der Waals surface area (Å²) in [6, 6.07) is 10.7. The SMILES string of the molecule is c1cc(CNc2ccc(N3CCCC3)cc2)co1. The summed E-state index contributed by atoms with van der Waals surface area (Å²) in [5, 5.41) is 3.39. The molecule has 1 aliphatic rings. The molecule has 18 heavy (non-hydrogen) atoms. The number of anilines is 2. The van der Waals surface area contributed by atoms with Gasteiger partial charge in [-0.2, -0.15) is 0 Å². The van der Waals surface area contributed by atoms with Gasteiger partial charge in [0.15, 0.2) is 0 Å². The van der Waals surface area contributed by atoms with Crippen LogP contribution in [0.4, 0.5) is 11.4 Å². The zero-order chi connectivity index (χ0) is 12.2. The third-order valence-electron chi connectivity index (χ3n) is 3.42. The molecule has 0 bridgehead atoms. The van der Waals surface area contributed by atoms with E-state index in [4.69, 9.17) is 4.42 Å². The molecule has 0 saturated carbocycles. The number of benzene rings is 1. The lowest BCUT2D eigenvalue weighted by Crippen LogP contribution is -2.17. The van der Waals surface area contributed by atoms with Crippen molar-refractivity contribution in [3.05, 3.63) is 48.4 Å². The second-order valence-electron chi connectivity index (χ2n) is 4.73. The number of furan rings is 1. The first-order valence-corrected chi connectivity index (χ1v) is 6.52. The van der Waals surface area contributed by atoms with Crippen LogP contribution in [0.2, 0.25) is 0 Å². The molecule has 1 aromatic carbocycles. The lowest BCUT2D eigenvalue weighted by Gasteiger charge is -2.17. The summed E-state index contributed by atoms with van der Waals surface area (Å²) in [4.78, 5) is 2.44. The first-order chi connectivity index (χ1) is 8.92. The summed E-state index contributed by atoms with van der Waals surface area (Å²) in [5.41, 5.74) is 3.65. The van der Waals surface area contributed by atoms with Gasteiger partial charge in [0.1, 0.15) is 0 Å². The summed E-state index contributed by atoms with van der Waals surface area (Å²) >= 11 is 0. The quantitative estimate of drug-likeness (QED) is 0.889. The Hall–Kier alpha value is -1.90. The molecule has 0 unspecified atom stereocenters. The van der Waals surface area contributed by atoms with E-state index in [1.54, 1.807) is 12.5 Å². The molecule has 1 saturated heterocycles. The molecule has 0 amide bonds. The minimum atomic E-state index is 0.805. The average molecular weight is 242 g/mol. The molecule has 3 nitrogen and oxygen atoms in total. The van der Waals surface area contributed by atoms with E-state index in [0.717, 1.165) is 12.2 Å². The van der Waals surface area contributed by atoms with E-state index in [1.807, 2.05) is 6.07 Å². The van der Waals surface area contributed by atoms with Crippen LogP contribution < -0.4 is 10.2 Å². The smallest absolute Gasteiger partial charge is 0.0952 e. The summed E-state index contributed by atoms with van der Waals surface area (Å²) in [6.45, 7) is 3.20. The molecular weight excluding hydrogens is 224 g/mol. The Morgan fingerprint density at radius 1 is 1.06 bits per heavy atom. The van der Waals surface area contributed by atoms with Crippen LogP contribution in [0.25, 0.3) is 0 Å². The molecule has 1 fully saturated rings. The Bertz CT molecular complexity index is 470. The maximum absolute atomic E-state index is 5.04. The predicted octanol–water partition coefficient (Wildman–Crippen LogP) is 3.49. The first-order valence-electron chi connectivity index (χ1n) is 6.52. The molecule has 0 spiro atoms. The Morgan fingerprint density at radius 3 is 2.50 bits per heavy atom. The third kappa shape index (κ3) is 2.50. The summed E-state index contributed by atoms with van der Waals surface area (Å²) in [5.74, 6) is 0. The van der Waals surface area contributed by atoms with Gasteiger partial charge in [-0.15, -0.1) is 0 Å². The fourth-order valence-electron chi connectivity index (χ4n) is 2.36. The molecule has 94 valence electrons. The second kappa shape index (κ2) is 5.17. The van der Waals surface area contributed by atoms with Gasteiger partial charge in [0, 0.05) is 36.6 Å². The molecule has 1 N–H and O–H groups in total.